The lowest BCUT2D eigenvalue weighted by Crippen LogP contribution is -2.61. The average Bonchev–Trinajstić information content (AvgIpc) is 3.38. The van der Waals surface area contributed by atoms with Gasteiger partial charge in [-0.05, 0) is 44.9 Å². The molecule has 14 nitrogen and oxygen atoms in total. The molecule has 2 heterocycles. The molecule has 2 fully saturated rings. The molecule has 72 heavy (non-hydrogen) atoms. The van der Waals surface area contributed by atoms with Crippen LogP contribution in [0.15, 0.2) is 36.5 Å². The van der Waals surface area contributed by atoms with E-state index in [0.29, 0.717) is 13.0 Å². The highest BCUT2D eigenvalue weighted by atomic mass is 16.7. The van der Waals surface area contributed by atoms with Crippen molar-refractivity contribution in [1.29, 1.82) is 0 Å². The first-order chi connectivity index (χ1) is 35.1. The summed E-state index contributed by atoms with van der Waals surface area (Å²) >= 11 is 0. The first-order valence-electron chi connectivity index (χ1n) is 29.1. The molecule has 0 aliphatic carbocycles. The first kappa shape index (κ1) is 66.3. The predicted molar refractivity (Wildman–Crippen MR) is 284 cm³/mol. The third-order valence-electron chi connectivity index (χ3n) is 13.9. The van der Waals surface area contributed by atoms with Crippen LogP contribution in [0.3, 0.4) is 0 Å². The molecule has 0 aromatic heterocycles. The van der Waals surface area contributed by atoms with Crippen LogP contribution in [0.4, 0.5) is 0 Å². The Morgan fingerprint density at radius 2 is 0.903 bits per heavy atom. The maximum Gasteiger partial charge on any atom is 0.306 e. The second-order valence-corrected chi connectivity index (χ2v) is 20.4. The van der Waals surface area contributed by atoms with E-state index >= 15 is 0 Å². The Morgan fingerprint density at radius 3 is 1.42 bits per heavy atom. The molecular weight excluding hydrogens is 921 g/mol. The highest BCUT2D eigenvalue weighted by Gasteiger charge is 2.47. The normalized spacial score (nSPS) is 25.3. The molecule has 2 aliphatic rings. The summed E-state index contributed by atoms with van der Waals surface area (Å²) in [5.41, 5.74) is 0. The number of unbranched alkanes of at least 4 members (excludes halogenated alkanes) is 27. The molecule has 14 heteroatoms. The second-order valence-electron chi connectivity index (χ2n) is 20.4. The Bertz CT molecular complexity index is 1330. The molecule has 0 radical (unpaired) electrons. The zero-order valence-corrected chi connectivity index (χ0v) is 45.2. The van der Waals surface area contributed by atoms with Gasteiger partial charge in [-0.2, -0.15) is 0 Å². The van der Waals surface area contributed by atoms with Crippen molar-refractivity contribution in [2.75, 3.05) is 33.0 Å². The predicted octanol–water partition coefficient (Wildman–Crippen LogP) is 10.1. The van der Waals surface area contributed by atoms with E-state index in [-0.39, 0.29) is 25.6 Å². The topological polar surface area (TPSA) is 214 Å². The van der Waals surface area contributed by atoms with Crippen LogP contribution in [0, 0.1) is 0 Å². The SMILES string of the molecule is CC/C=C\C/C=C\C/C=C\CCCCCCCCCC(=O)OC(COCCCCCCCCCCCCCCCCCCCCCCC)COC1OC(COC2OC(CO)C(O)C(O)C2O)C(O)C(O)C1O. The Labute approximate surface area is 436 Å². The summed E-state index contributed by atoms with van der Waals surface area (Å²) in [6.07, 6.45) is 36.3. The lowest BCUT2D eigenvalue weighted by atomic mass is 9.98. The fourth-order valence-corrected chi connectivity index (χ4v) is 9.24. The summed E-state index contributed by atoms with van der Waals surface area (Å²) in [5.74, 6) is -0.383. The van der Waals surface area contributed by atoms with Gasteiger partial charge in [0.25, 0.3) is 0 Å². The smallest absolute Gasteiger partial charge is 0.306 e. The lowest BCUT2D eigenvalue weighted by molar-refractivity contribution is -0.332. The van der Waals surface area contributed by atoms with Crippen molar-refractivity contribution in [3.8, 4) is 0 Å². The molecule has 2 saturated heterocycles. The average molecular weight is 1030 g/mol. The van der Waals surface area contributed by atoms with Gasteiger partial charge in [-0.15, -0.1) is 0 Å². The van der Waals surface area contributed by atoms with Crippen LogP contribution in [0.25, 0.3) is 0 Å². The summed E-state index contributed by atoms with van der Waals surface area (Å²) in [6, 6.07) is 0. The van der Waals surface area contributed by atoms with Gasteiger partial charge >= 0.3 is 5.97 Å². The minimum atomic E-state index is -1.71. The van der Waals surface area contributed by atoms with Crippen LogP contribution in [-0.4, -0.2) is 142 Å². The zero-order valence-electron chi connectivity index (χ0n) is 45.2. The first-order valence-corrected chi connectivity index (χ1v) is 29.1. The van der Waals surface area contributed by atoms with Gasteiger partial charge in [0, 0.05) is 13.0 Å². The molecule has 0 bridgehead atoms. The standard InChI is InChI=1S/C58H106O14/c1-3-5-7-9-11-13-15-17-19-21-22-23-24-26-28-30-32-34-36-38-40-42-67-44-47(70-50(60)41-39-37-35-33-31-29-27-25-20-18-16-14-12-10-8-6-4-2)45-68-57-56(66)54(64)52(62)49(72-57)46-69-58-55(65)53(63)51(61)48(43-59)71-58/h6,8,12,14,18,20,47-49,51-59,61-66H,3-5,7,9-11,13,15-17,19,21-46H2,1-2H3/b8-6-,14-12-,20-18-. The molecule has 0 spiro atoms. The Hall–Kier alpha value is -1.79. The molecule has 0 aromatic rings. The number of rotatable bonds is 47. The van der Waals surface area contributed by atoms with Crippen LogP contribution in [-0.2, 0) is 33.2 Å². The summed E-state index contributed by atoms with van der Waals surface area (Å²) in [6.45, 7) is 3.61. The number of allylic oxidation sites excluding steroid dienone is 6. The van der Waals surface area contributed by atoms with Crippen molar-refractivity contribution in [1.82, 2.24) is 0 Å². The quantitative estimate of drug-likeness (QED) is 0.0172. The van der Waals surface area contributed by atoms with E-state index in [4.69, 9.17) is 28.4 Å². The lowest BCUT2D eigenvalue weighted by Gasteiger charge is -2.42. The maximum atomic E-state index is 13.1. The maximum absolute atomic E-state index is 13.1. The fourth-order valence-electron chi connectivity index (χ4n) is 9.24. The number of aliphatic hydroxyl groups excluding tert-OH is 7. The monoisotopic (exact) mass is 1030 g/mol. The van der Waals surface area contributed by atoms with Gasteiger partial charge < -0.3 is 64.2 Å². The Morgan fingerprint density at radius 1 is 0.472 bits per heavy atom. The van der Waals surface area contributed by atoms with Crippen molar-refractivity contribution >= 4 is 5.97 Å². The van der Waals surface area contributed by atoms with Gasteiger partial charge in [-0.3, -0.25) is 4.79 Å². The molecule has 2 aliphatic heterocycles. The molecule has 0 aromatic carbocycles. The molecule has 0 amide bonds. The van der Waals surface area contributed by atoms with Crippen molar-refractivity contribution < 1.29 is 69.0 Å². The second kappa shape index (κ2) is 45.4. The number of esters is 1. The molecule has 0 saturated carbocycles. The molecule has 11 atom stereocenters. The number of ether oxygens (including phenoxy) is 6. The van der Waals surface area contributed by atoms with Gasteiger partial charge in [0.15, 0.2) is 12.6 Å². The van der Waals surface area contributed by atoms with E-state index in [1.807, 2.05) is 0 Å². The molecule has 7 N–H and O–H groups in total. The number of carbonyl (C=O) groups excluding carboxylic acids is 1. The number of carbonyl (C=O) groups is 1. The largest absolute Gasteiger partial charge is 0.457 e. The van der Waals surface area contributed by atoms with Crippen molar-refractivity contribution in [3.05, 3.63) is 36.5 Å². The molecule has 422 valence electrons. The number of hydrogen-bond donors (Lipinski definition) is 7. The van der Waals surface area contributed by atoms with Gasteiger partial charge in [0.1, 0.15) is 54.9 Å². The van der Waals surface area contributed by atoms with Gasteiger partial charge in [-0.25, -0.2) is 0 Å². The molecular formula is C58H106O14. The zero-order chi connectivity index (χ0) is 52.3. The van der Waals surface area contributed by atoms with Crippen LogP contribution in [0.1, 0.15) is 226 Å². The third-order valence-corrected chi connectivity index (χ3v) is 13.9. The number of hydrogen-bond acceptors (Lipinski definition) is 14. The van der Waals surface area contributed by atoms with E-state index < -0.39 is 80.7 Å². The third kappa shape index (κ3) is 31.9. The van der Waals surface area contributed by atoms with Gasteiger partial charge in [0.05, 0.1) is 26.4 Å². The van der Waals surface area contributed by atoms with E-state index in [2.05, 4.69) is 50.3 Å². The van der Waals surface area contributed by atoms with E-state index in [1.165, 1.54) is 135 Å². The van der Waals surface area contributed by atoms with Crippen LogP contribution >= 0.6 is 0 Å². The van der Waals surface area contributed by atoms with E-state index in [1.54, 1.807) is 0 Å². The van der Waals surface area contributed by atoms with Crippen molar-refractivity contribution in [2.24, 2.45) is 0 Å². The number of aliphatic hydroxyl groups is 7. The van der Waals surface area contributed by atoms with Crippen LogP contribution in [0.5, 0.6) is 0 Å². The van der Waals surface area contributed by atoms with E-state index in [0.717, 1.165) is 64.2 Å². The molecule has 2 rings (SSSR count). The van der Waals surface area contributed by atoms with Gasteiger partial charge in [-0.1, -0.05) is 211 Å². The summed E-state index contributed by atoms with van der Waals surface area (Å²) < 4.78 is 34.4. The summed E-state index contributed by atoms with van der Waals surface area (Å²) in [7, 11) is 0. The summed E-state index contributed by atoms with van der Waals surface area (Å²) in [4.78, 5) is 13.1. The molecule has 11 unspecified atom stereocenters. The van der Waals surface area contributed by atoms with Crippen LogP contribution < -0.4 is 0 Å². The highest BCUT2D eigenvalue weighted by molar-refractivity contribution is 5.69. The fraction of sp³-hybridized carbons (Fsp3) is 0.879. The van der Waals surface area contributed by atoms with Gasteiger partial charge in [0.2, 0.25) is 0 Å². The Balaban J connectivity index is 1.71. The van der Waals surface area contributed by atoms with Crippen molar-refractivity contribution in [3.63, 3.8) is 0 Å². The van der Waals surface area contributed by atoms with Crippen molar-refractivity contribution in [2.45, 2.75) is 293 Å². The minimum Gasteiger partial charge on any atom is -0.457 e. The van der Waals surface area contributed by atoms with E-state index in [9.17, 15) is 40.5 Å². The van der Waals surface area contributed by atoms with Crippen LogP contribution in [0.2, 0.25) is 0 Å². The highest BCUT2D eigenvalue weighted by Crippen LogP contribution is 2.27. The minimum absolute atomic E-state index is 0.0606. The Kier molecular flexibility index (Phi) is 41.8. The summed E-state index contributed by atoms with van der Waals surface area (Å²) in [5, 5.41) is 72.3.